The predicted octanol–water partition coefficient (Wildman–Crippen LogP) is 2.85. The van der Waals surface area contributed by atoms with Gasteiger partial charge in [-0.3, -0.25) is 4.79 Å². The number of rotatable bonds is 6. The Balaban J connectivity index is 3.04. The van der Waals surface area contributed by atoms with E-state index in [9.17, 15) is 9.18 Å². The summed E-state index contributed by atoms with van der Waals surface area (Å²) in [5.74, 6) is -0.541. The summed E-state index contributed by atoms with van der Waals surface area (Å²) in [5, 5.41) is 0. The van der Waals surface area contributed by atoms with Crippen LogP contribution in [0.15, 0.2) is 18.2 Å². The van der Waals surface area contributed by atoms with Gasteiger partial charge in [0.05, 0.1) is 7.11 Å². The van der Waals surface area contributed by atoms with Crippen LogP contribution < -0.4 is 10.5 Å². The molecular weight excluding hydrogens is 273 g/mol. The van der Waals surface area contributed by atoms with Crippen LogP contribution in [-0.4, -0.2) is 25.2 Å². The number of benzene rings is 1. The van der Waals surface area contributed by atoms with E-state index in [0.29, 0.717) is 11.3 Å². The number of nitrogens with two attached hydrogens (primary N) is 1. The fraction of sp³-hybridized carbons (Fsp3) is 0.562. The summed E-state index contributed by atoms with van der Waals surface area (Å²) in [7, 11) is 1.49. The number of carbonyl (C=O) groups is 1. The standard InChI is InChI=1S/C16H24FNO3/c1-9(2)15(11(4)21-16(19)10(3)18)13-7-6-12(20-5)8-14(13)17/h6-11,15H,18H2,1-5H3/t10-,11-,15+/m0/s1. The van der Waals surface area contributed by atoms with E-state index in [0.717, 1.165) is 0 Å². The fourth-order valence-electron chi connectivity index (χ4n) is 2.42. The highest BCUT2D eigenvalue weighted by atomic mass is 19.1. The lowest BCUT2D eigenvalue weighted by Gasteiger charge is -2.28. The molecule has 0 saturated carbocycles. The number of carbonyl (C=O) groups excluding carboxylic acids is 1. The summed E-state index contributed by atoms with van der Waals surface area (Å²) in [6, 6.07) is 4.02. The molecule has 0 aromatic heterocycles. The van der Waals surface area contributed by atoms with Crippen molar-refractivity contribution in [3.63, 3.8) is 0 Å². The molecule has 4 nitrogen and oxygen atoms in total. The third-order valence-corrected chi connectivity index (χ3v) is 3.46. The van der Waals surface area contributed by atoms with Gasteiger partial charge < -0.3 is 15.2 Å². The minimum atomic E-state index is -0.694. The zero-order valence-corrected chi connectivity index (χ0v) is 13.2. The molecule has 3 atom stereocenters. The first-order chi connectivity index (χ1) is 9.77. The lowest BCUT2D eigenvalue weighted by atomic mass is 9.84. The molecule has 0 saturated heterocycles. The normalized spacial score (nSPS) is 15.4. The summed E-state index contributed by atoms with van der Waals surface area (Å²) in [6.45, 7) is 7.25. The second kappa shape index (κ2) is 7.41. The number of hydrogen-bond acceptors (Lipinski definition) is 4. The first-order valence-corrected chi connectivity index (χ1v) is 7.07. The van der Waals surface area contributed by atoms with Gasteiger partial charge in [-0.25, -0.2) is 4.39 Å². The number of methoxy groups -OCH3 is 1. The van der Waals surface area contributed by atoms with Gasteiger partial charge in [0, 0.05) is 12.0 Å². The maximum atomic E-state index is 14.3. The van der Waals surface area contributed by atoms with Crippen molar-refractivity contribution in [2.75, 3.05) is 7.11 Å². The molecule has 1 aromatic carbocycles. The summed E-state index contributed by atoms with van der Waals surface area (Å²) in [5.41, 5.74) is 6.01. The predicted molar refractivity (Wildman–Crippen MR) is 79.7 cm³/mol. The van der Waals surface area contributed by atoms with Crippen LogP contribution in [0.3, 0.4) is 0 Å². The van der Waals surface area contributed by atoms with Crippen molar-refractivity contribution < 1.29 is 18.7 Å². The van der Waals surface area contributed by atoms with E-state index in [1.54, 1.807) is 26.0 Å². The summed E-state index contributed by atoms with van der Waals surface area (Å²) < 4.78 is 24.6. The quantitative estimate of drug-likeness (QED) is 0.820. The molecule has 2 N–H and O–H groups in total. The van der Waals surface area contributed by atoms with E-state index in [4.69, 9.17) is 15.2 Å². The Hall–Kier alpha value is -1.62. The van der Waals surface area contributed by atoms with E-state index in [2.05, 4.69) is 0 Å². The van der Waals surface area contributed by atoms with Crippen molar-refractivity contribution in [3.8, 4) is 5.75 Å². The summed E-state index contributed by atoms with van der Waals surface area (Å²) in [6.07, 6.45) is -0.466. The van der Waals surface area contributed by atoms with Gasteiger partial charge in [-0.15, -0.1) is 0 Å². The SMILES string of the molecule is COc1ccc([C@H](C(C)C)[C@H](C)OC(=O)[C@H](C)N)c(F)c1. The molecule has 0 spiro atoms. The highest BCUT2D eigenvalue weighted by molar-refractivity contribution is 5.75. The Morgan fingerprint density at radius 3 is 2.29 bits per heavy atom. The number of esters is 1. The molecule has 1 aromatic rings. The van der Waals surface area contributed by atoms with Gasteiger partial charge in [-0.05, 0) is 31.4 Å². The third-order valence-electron chi connectivity index (χ3n) is 3.46. The van der Waals surface area contributed by atoms with Crippen LogP contribution in [0.2, 0.25) is 0 Å². The molecule has 0 amide bonds. The minimum Gasteiger partial charge on any atom is -0.497 e. The molecule has 5 heteroatoms. The maximum absolute atomic E-state index is 14.3. The average molecular weight is 297 g/mol. The van der Waals surface area contributed by atoms with E-state index < -0.39 is 18.1 Å². The second-order valence-corrected chi connectivity index (χ2v) is 5.59. The molecule has 0 unspecified atom stereocenters. The molecule has 21 heavy (non-hydrogen) atoms. The third kappa shape index (κ3) is 4.43. The molecule has 0 bridgehead atoms. The first-order valence-electron chi connectivity index (χ1n) is 7.07. The summed E-state index contributed by atoms with van der Waals surface area (Å²) in [4.78, 5) is 11.6. The minimum absolute atomic E-state index is 0.101. The monoisotopic (exact) mass is 297 g/mol. The van der Waals surface area contributed by atoms with Crippen molar-refractivity contribution in [1.29, 1.82) is 0 Å². The van der Waals surface area contributed by atoms with Crippen molar-refractivity contribution in [1.82, 2.24) is 0 Å². The highest BCUT2D eigenvalue weighted by Crippen LogP contribution is 2.33. The second-order valence-electron chi connectivity index (χ2n) is 5.59. The molecular formula is C16H24FNO3. The molecule has 0 aliphatic carbocycles. The number of halogens is 1. The Bertz CT molecular complexity index is 488. The summed E-state index contributed by atoms with van der Waals surface area (Å²) >= 11 is 0. The van der Waals surface area contributed by atoms with Gasteiger partial charge in [0.1, 0.15) is 23.7 Å². The van der Waals surface area contributed by atoms with Crippen LogP contribution in [0.25, 0.3) is 0 Å². The Labute approximate surface area is 125 Å². The van der Waals surface area contributed by atoms with Gasteiger partial charge in [-0.2, -0.15) is 0 Å². The van der Waals surface area contributed by atoms with Crippen molar-refractivity contribution >= 4 is 5.97 Å². The lowest BCUT2D eigenvalue weighted by molar-refractivity contribution is -0.151. The highest BCUT2D eigenvalue weighted by Gasteiger charge is 2.29. The van der Waals surface area contributed by atoms with Gasteiger partial charge in [0.2, 0.25) is 0 Å². The molecule has 0 aliphatic heterocycles. The van der Waals surface area contributed by atoms with E-state index >= 15 is 0 Å². The lowest BCUT2D eigenvalue weighted by Crippen LogP contribution is -2.34. The molecule has 0 radical (unpaired) electrons. The average Bonchev–Trinajstić information content (AvgIpc) is 2.40. The van der Waals surface area contributed by atoms with Crippen LogP contribution in [0.4, 0.5) is 4.39 Å². The largest absolute Gasteiger partial charge is 0.497 e. The Kier molecular flexibility index (Phi) is 6.15. The van der Waals surface area contributed by atoms with E-state index in [1.165, 1.54) is 13.2 Å². The number of hydrogen-bond donors (Lipinski definition) is 1. The van der Waals surface area contributed by atoms with Gasteiger partial charge in [0.25, 0.3) is 0 Å². The van der Waals surface area contributed by atoms with E-state index in [1.807, 2.05) is 13.8 Å². The van der Waals surface area contributed by atoms with Crippen LogP contribution in [0, 0.1) is 11.7 Å². The zero-order valence-electron chi connectivity index (χ0n) is 13.2. The maximum Gasteiger partial charge on any atom is 0.322 e. The number of ether oxygens (including phenoxy) is 2. The molecule has 0 heterocycles. The van der Waals surface area contributed by atoms with Gasteiger partial charge in [0.15, 0.2) is 0 Å². The zero-order chi connectivity index (χ0) is 16.2. The molecule has 1 rings (SSSR count). The van der Waals surface area contributed by atoms with Gasteiger partial charge in [-0.1, -0.05) is 19.9 Å². The fourth-order valence-corrected chi connectivity index (χ4v) is 2.42. The van der Waals surface area contributed by atoms with Crippen LogP contribution in [0.1, 0.15) is 39.2 Å². The molecule has 118 valence electrons. The van der Waals surface area contributed by atoms with E-state index in [-0.39, 0.29) is 17.7 Å². The van der Waals surface area contributed by atoms with Crippen LogP contribution in [0.5, 0.6) is 5.75 Å². The van der Waals surface area contributed by atoms with Crippen molar-refractivity contribution in [2.45, 2.75) is 45.8 Å². The van der Waals surface area contributed by atoms with Crippen molar-refractivity contribution in [2.24, 2.45) is 11.7 Å². The van der Waals surface area contributed by atoms with Crippen LogP contribution in [-0.2, 0) is 9.53 Å². The molecule has 0 aliphatic rings. The van der Waals surface area contributed by atoms with Crippen LogP contribution >= 0.6 is 0 Å². The Morgan fingerprint density at radius 2 is 1.86 bits per heavy atom. The first kappa shape index (κ1) is 17.4. The smallest absolute Gasteiger partial charge is 0.322 e. The topological polar surface area (TPSA) is 61.5 Å². The molecule has 0 fully saturated rings. The van der Waals surface area contributed by atoms with Crippen molar-refractivity contribution in [3.05, 3.63) is 29.6 Å². The van der Waals surface area contributed by atoms with Gasteiger partial charge >= 0.3 is 5.97 Å². The Morgan fingerprint density at radius 1 is 1.24 bits per heavy atom.